The molecule has 1 atom stereocenters. The second kappa shape index (κ2) is 10.6. The van der Waals surface area contributed by atoms with Crippen LogP contribution in [0.1, 0.15) is 5.56 Å². The number of rotatable bonds is 4. The molecule has 48 heavy (non-hydrogen) atoms. The summed E-state index contributed by atoms with van der Waals surface area (Å²) in [4.78, 5) is 0. The zero-order valence-corrected chi connectivity index (χ0v) is 26.2. The Morgan fingerprint density at radius 3 is 1.71 bits per heavy atom. The fourth-order valence-corrected chi connectivity index (χ4v) is 7.76. The minimum Gasteiger partial charge on any atom is -0.361 e. The highest BCUT2D eigenvalue weighted by atomic mass is 15.2. The lowest BCUT2D eigenvalue weighted by molar-refractivity contribution is 0.783. The molecule has 3 heterocycles. The van der Waals surface area contributed by atoms with Gasteiger partial charge in [0.25, 0.3) is 0 Å². The van der Waals surface area contributed by atoms with Gasteiger partial charge in [0, 0.05) is 27.2 Å². The molecule has 226 valence electrons. The van der Waals surface area contributed by atoms with Crippen molar-refractivity contribution >= 4 is 55.0 Å². The van der Waals surface area contributed by atoms with Crippen LogP contribution in [0.4, 0.5) is 0 Å². The first-order chi connectivity index (χ1) is 23.8. The molecule has 0 amide bonds. The van der Waals surface area contributed by atoms with Crippen LogP contribution in [-0.4, -0.2) is 15.2 Å². The van der Waals surface area contributed by atoms with E-state index in [-0.39, 0.29) is 6.04 Å². The van der Waals surface area contributed by atoms with Gasteiger partial charge >= 0.3 is 0 Å². The van der Waals surface area contributed by atoms with Crippen LogP contribution in [0.3, 0.4) is 0 Å². The molecule has 2 aliphatic rings. The van der Waals surface area contributed by atoms with Crippen molar-refractivity contribution in [1.82, 2.24) is 14.5 Å². The summed E-state index contributed by atoms with van der Waals surface area (Å²) in [6, 6.07) is 52.8. The monoisotopic (exact) mass is 613 g/mol. The molecule has 6 aromatic carbocycles. The largest absolute Gasteiger partial charge is 0.361 e. The van der Waals surface area contributed by atoms with E-state index in [4.69, 9.17) is 0 Å². The maximum atomic E-state index is 3.87. The SMILES string of the molecule is C1=CC2=C(c3ccccc3)C=C(n3c4ccccc4c4cc(-c5ccc6c(c5)c5ccccc5n6-c5ccccc5)ccc43)NC2C=C1. The third-order valence-corrected chi connectivity index (χ3v) is 9.94. The number of nitrogens with zero attached hydrogens (tertiary/aromatic N) is 2. The van der Waals surface area contributed by atoms with E-state index in [0.29, 0.717) is 0 Å². The molecule has 0 radical (unpaired) electrons. The number of fused-ring (bicyclic) bond motifs is 7. The molecule has 0 fully saturated rings. The van der Waals surface area contributed by atoms with E-state index in [1.165, 1.54) is 77.1 Å². The maximum absolute atomic E-state index is 3.87. The number of para-hydroxylation sites is 3. The van der Waals surface area contributed by atoms with Gasteiger partial charge < -0.3 is 9.88 Å². The first kappa shape index (κ1) is 26.9. The summed E-state index contributed by atoms with van der Waals surface area (Å²) in [6.07, 6.45) is 11.1. The second-order valence-corrected chi connectivity index (χ2v) is 12.6. The van der Waals surface area contributed by atoms with Gasteiger partial charge in [-0.25, -0.2) is 0 Å². The summed E-state index contributed by atoms with van der Waals surface area (Å²) >= 11 is 0. The standard InChI is InChI=1S/C45H31N3/c1-3-13-30(14-4-1)37-29-45(46-40-20-10-7-17-34(37)40)48-42-22-12-9-19-36(42)39-28-32(24-26-44(39)48)31-23-25-43-38(27-31)35-18-8-11-21-41(35)47(43)33-15-5-2-6-16-33/h1-29,40,46H. The highest BCUT2D eigenvalue weighted by Crippen LogP contribution is 2.39. The van der Waals surface area contributed by atoms with Gasteiger partial charge in [-0.05, 0) is 82.4 Å². The number of benzene rings is 6. The van der Waals surface area contributed by atoms with E-state index in [1.807, 2.05) is 0 Å². The van der Waals surface area contributed by atoms with Gasteiger partial charge in [0.15, 0.2) is 0 Å². The maximum Gasteiger partial charge on any atom is 0.112 e. The second-order valence-electron chi connectivity index (χ2n) is 12.6. The van der Waals surface area contributed by atoms with Crippen LogP contribution in [0.2, 0.25) is 0 Å². The molecule has 8 aromatic rings. The van der Waals surface area contributed by atoms with E-state index in [0.717, 1.165) is 5.82 Å². The van der Waals surface area contributed by atoms with E-state index < -0.39 is 0 Å². The first-order valence-corrected chi connectivity index (χ1v) is 16.6. The fourth-order valence-electron chi connectivity index (χ4n) is 7.76. The van der Waals surface area contributed by atoms with Crippen LogP contribution in [0, 0.1) is 0 Å². The molecule has 3 nitrogen and oxygen atoms in total. The van der Waals surface area contributed by atoms with E-state index in [2.05, 4.69) is 190 Å². The van der Waals surface area contributed by atoms with Gasteiger partial charge in [-0.15, -0.1) is 0 Å². The molecule has 0 saturated carbocycles. The summed E-state index contributed by atoms with van der Waals surface area (Å²) in [5.41, 5.74) is 12.2. The molecule has 0 saturated heterocycles. The molecule has 0 spiro atoms. The van der Waals surface area contributed by atoms with Crippen LogP contribution >= 0.6 is 0 Å². The number of allylic oxidation sites excluding steroid dienone is 4. The number of nitrogens with one attached hydrogen (secondary N) is 1. The van der Waals surface area contributed by atoms with Gasteiger partial charge in [0.1, 0.15) is 5.82 Å². The zero-order chi connectivity index (χ0) is 31.6. The Bertz CT molecular complexity index is 2680. The van der Waals surface area contributed by atoms with Crippen molar-refractivity contribution in [3.8, 4) is 16.8 Å². The van der Waals surface area contributed by atoms with E-state index in [1.54, 1.807) is 0 Å². The quantitative estimate of drug-likeness (QED) is 0.210. The molecule has 1 N–H and O–H groups in total. The van der Waals surface area contributed by atoms with Crippen LogP contribution in [0.25, 0.3) is 71.8 Å². The van der Waals surface area contributed by atoms with Gasteiger partial charge in [0.2, 0.25) is 0 Å². The lowest BCUT2D eigenvalue weighted by Gasteiger charge is -2.30. The third kappa shape index (κ3) is 4.08. The summed E-state index contributed by atoms with van der Waals surface area (Å²) in [5.74, 6) is 1.08. The lowest BCUT2D eigenvalue weighted by Crippen LogP contribution is -2.33. The predicted molar refractivity (Wildman–Crippen MR) is 202 cm³/mol. The lowest BCUT2D eigenvalue weighted by atomic mass is 9.89. The average molecular weight is 614 g/mol. The van der Waals surface area contributed by atoms with Crippen LogP contribution in [0.15, 0.2) is 182 Å². The van der Waals surface area contributed by atoms with E-state index in [9.17, 15) is 0 Å². The fraction of sp³-hybridized carbons (Fsp3) is 0.0222. The summed E-state index contributed by atoms with van der Waals surface area (Å²) in [7, 11) is 0. The first-order valence-electron chi connectivity index (χ1n) is 16.6. The van der Waals surface area contributed by atoms with Crippen LogP contribution < -0.4 is 5.32 Å². The smallest absolute Gasteiger partial charge is 0.112 e. The Morgan fingerprint density at radius 1 is 0.458 bits per heavy atom. The Labute approximate surface area is 278 Å². The summed E-state index contributed by atoms with van der Waals surface area (Å²) in [5, 5.41) is 8.88. The molecule has 1 aliphatic heterocycles. The van der Waals surface area contributed by atoms with Gasteiger partial charge in [-0.2, -0.15) is 0 Å². The van der Waals surface area contributed by atoms with Crippen molar-refractivity contribution in [2.75, 3.05) is 0 Å². The normalized spacial score (nSPS) is 15.8. The summed E-state index contributed by atoms with van der Waals surface area (Å²) < 4.78 is 4.77. The van der Waals surface area contributed by atoms with Crippen molar-refractivity contribution < 1.29 is 0 Å². The Hall–Kier alpha value is -6.32. The summed E-state index contributed by atoms with van der Waals surface area (Å²) in [6.45, 7) is 0. The Morgan fingerprint density at radius 2 is 1.02 bits per heavy atom. The molecule has 0 bridgehead atoms. The number of aromatic nitrogens is 2. The van der Waals surface area contributed by atoms with E-state index >= 15 is 0 Å². The van der Waals surface area contributed by atoms with Crippen molar-refractivity contribution in [1.29, 1.82) is 0 Å². The zero-order valence-electron chi connectivity index (χ0n) is 26.2. The van der Waals surface area contributed by atoms with Crippen LogP contribution in [0.5, 0.6) is 0 Å². The highest BCUT2D eigenvalue weighted by molar-refractivity contribution is 6.13. The van der Waals surface area contributed by atoms with Gasteiger partial charge in [-0.3, -0.25) is 4.57 Å². The Kier molecular flexibility index (Phi) is 5.94. The number of hydrogen-bond acceptors (Lipinski definition) is 1. The molecule has 2 aromatic heterocycles. The third-order valence-electron chi connectivity index (χ3n) is 9.94. The molecular formula is C45H31N3. The minimum absolute atomic E-state index is 0.102. The molecule has 1 aliphatic carbocycles. The van der Waals surface area contributed by atoms with Gasteiger partial charge in [0.05, 0.1) is 28.1 Å². The molecule has 10 rings (SSSR count). The van der Waals surface area contributed by atoms with Crippen molar-refractivity contribution in [2.45, 2.75) is 6.04 Å². The predicted octanol–water partition coefficient (Wildman–Crippen LogP) is 10.9. The average Bonchev–Trinajstić information content (AvgIpc) is 3.67. The van der Waals surface area contributed by atoms with Gasteiger partial charge in [-0.1, -0.05) is 121 Å². The van der Waals surface area contributed by atoms with Crippen molar-refractivity contribution in [3.05, 3.63) is 187 Å². The molecular weight excluding hydrogens is 583 g/mol. The molecule has 1 unspecified atom stereocenters. The topological polar surface area (TPSA) is 21.9 Å². The molecule has 3 heteroatoms. The van der Waals surface area contributed by atoms with Crippen LogP contribution in [-0.2, 0) is 0 Å². The Balaban J connectivity index is 1.15. The van der Waals surface area contributed by atoms with Crippen molar-refractivity contribution in [3.63, 3.8) is 0 Å². The highest BCUT2D eigenvalue weighted by Gasteiger charge is 2.25. The minimum atomic E-state index is 0.102. The number of hydrogen-bond donors (Lipinski definition) is 1. The van der Waals surface area contributed by atoms with Crippen molar-refractivity contribution in [2.24, 2.45) is 0 Å². The number of dihydropyridines is 1.